The van der Waals surface area contributed by atoms with E-state index in [1.165, 1.54) is 0 Å². The Balaban J connectivity index is 2.77. The van der Waals surface area contributed by atoms with Crippen LogP contribution in [0, 0.1) is 0 Å². The maximum atomic E-state index is 12.0. The summed E-state index contributed by atoms with van der Waals surface area (Å²) in [6.07, 6.45) is -0.147. The van der Waals surface area contributed by atoms with Crippen molar-refractivity contribution in [1.82, 2.24) is 0 Å². The maximum Gasteiger partial charge on any atom is 0.306 e. The van der Waals surface area contributed by atoms with Gasteiger partial charge in [-0.25, -0.2) is 8.42 Å². The molecule has 0 heterocycles. The number of esters is 1. The molecule has 7 heteroatoms. The Morgan fingerprint density at radius 3 is 2.60 bits per heavy atom. The number of ether oxygens (including phenoxy) is 1. The normalized spacial score (nSPS) is 11.1. The molecule has 20 heavy (non-hydrogen) atoms. The van der Waals surface area contributed by atoms with Gasteiger partial charge in [0, 0.05) is 5.56 Å². The molecular weight excluding hydrogens is 298 g/mol. The van der Waals surface area contributed by atoms with Crippen LogP contribution in [-0.4, -0.2) is 31.7 Å². The van der Waals surface area contributed by atoms with Crippen LogP contribution in [0.25, 0.3) is 0 Å². The minimum Gasteiger partial charge on any atom is -0.466 e. The van der Waals surface area contributed by atoms with Crippen LogP contribution in [0.4, 0.5) is 0 Å². The Bertz CT molecular complexity index is 596. The highest BCUT2D eigenvalue weighted by Crippen LogP contribution is 2.13. The van der Waals surface area contributed by atoms with Crippen molar-refractivity contribution in [2.45, 2.75) is 19.1 Å². The molecule has 0 aliphatic rings. The summed E-state index contributed by atoms with van der Waals surface area (Å²) in [7, 11) is -3.42. The number of rotatable bonds is 7. The molecule has 0 amide bonds. The van der Waals surface area contributed by atoms with E-state index in [9.17, 15) is 13.2 Å². The lowest BCUT2D eigenvalue weighted by Gasteiger charge is -2.09. The highest BCUT2D eigenvalue weighted by molar-refractivity contribution is 7.90. The maximum absolute atomic E-state index is 12.0. The molecule has 110 valence electrons. The van der Waals surface area contributed by atoms with E-state index < -0.39 is 15.8 Å². The van der Waals surface area contributed by atoms with Gasteiger partial charge < -0.3 is 10.5 Å². The van der Waals surface area contributed by atoms with E-state index in [2.05, 4.69) is 0 Å². The Kier molecular flexibility index (Phi) is 6.09. The molecule has 0 unspecified atom stereocenters. The summed E-state index contributed by atoms with van der Waals surface area (Å²) in [6, 6.07) is 6.80. The molecule has 0 bridgehead atoms. The molecule has 0 spiro atoms. The number of carbonyl (C=O) groups excluding carboxylic acids is 1. The van der Waals surface area contributed by atoms with Gasteiger partial charge in [-0.3, -0.25) is 4.79 Å². The van der Waals surface area contributed by atoms with Crippen LogP contribution in [0.5, 0.6) is 0 Å². The van der Waals surface area contributed by atoms with Gasteiger partial charge in [0.2, 0.25) is 0 Å². The number of sulfone groups is 1. The van der Waals surface area contributed by atoms with Gasteiger partial charge in [-0.1, -0.05) is 36.5 Å². The first-order valence-corrected chi connectivity index (χ1v) is 8.32. The molecule has 0 aliphatic carbocycles. The van der Waals surface area contributed by atoms with E-state index in [-0.39, 0.29) is 29.5 Å². The second-order valence-corrected chi connectivity index (χ2v) is 6.79. The fourth-order valence-electron chi connectivity index (χ4n) is 1.67. The molecule has 1 aromatic rings. The molecule has 2 N–H and O–H groups in total. The molecular formula is C13H17NO4S2. The van der Waals surface area contributed by atoms with E-state index in [4.69, 9.17) is 22.7 Å². The fraction of sp³-hybridized carbons (Fsp3) is 0.385. The minimum absolute atomic E-state index is 0.147. The third-order valence-electron chi connectivity index (χ3n) is 2.58. The standard InChI is InChI=1S/C13H17NO4S2/c1-2-18-12(15)7-8-20(16,17)9-10-5-3-4-6-11(10)13(14)19/h3-6H,2,7-9H2,1H3,(H2,14,19). The lowest BCUT2D eigenvalue weighted by atomic mass is 10.1. The molecule has 0 saturated heterocycles. The van der Waals surface area contributed by atoms with Crippen molar-refractivity contribution in [1.29, 1.82) is 0 Å². The molecule has 1 aromatic carbocycles. The Morgan fingerprint density at radius 2 is 2.00 bits per heavy atom. The molecule has 0 fully saturated rings. The van der Waals surface area contributed by atoms with Gasteiger partial charge >= 0.3 is 5.97 Å². The van der Waals surface area contributed by atoms with Crippen LogP contribution in [0.3, 0.4) is 0 Å². The molecule has 0 radical (unpaired) electrons. The number of hydrogen-bond acceptors (Lipinski definition) is 5. The summed E-state index contributed by atoms with van der Waals surface area (Å²) in [5.74, 6) is -0.962. The zero-order valence-electron chi connectivity index (χ0n) is 11.2. The average Bonchev–Trinajstić information content (AvgIpc) is 2.37. The highest BCUT2D eigenvalue weighted by atomic mass is 32.2. The Morgan fingerprint density at radius 1 is 1.35 bits per heavy atom. The smallest absolute Gasteiger partial charge is 0.306 e. The third-order valence-corrected chi connectivity index (χ3v) is 4.38. The van der Waals surface area contributed by atoms with Crippen molar-refractivity contribution < 1.29 is 17.9 Å². The topological polar surface area (TPSA) is 86.5 Å². The Labute approximate surface area is 124 Å². The van der Waals surface area contributed by atoms with Crippen LogP contribution in [0.2, 0.25) is 0 Å². The predicted molar refractivity (Wildman–Crippen MR) is 81.1 cm³/mol. The summed E-state index contributed by atoms with van der Waals surface area (Å²) < 4.78 is 28.7. The second kappa shape index (κ2) is 7.35. The molecule has 0 atom stereocenters. The van der Waals surface area contributed by atoms with Gasteiger partial charge in [-0.05, 0) is 12.5 Å². The van der Waals surface area contributed by atoms with Gasteiger partial charge in [0.05, 0.1) is 24.5 Å². The predicted octanol–water partition coefficient (Wildman–Crippen LogP) is 1.19. The van der Waals surface area contributed by atoms with Crippen molar-refractivity contribution >= 4 is 33.0 Å². The van der Waals surface area contributed by atoms with Crippen molar-refractivity contribution in [3.05, 3.63) is 35.4 Å². The number of benzene rings is 1. The fourth-order valence-corrected chi connectivity index (χ4v) is 3.21. The number of hydrogen-bond donors (Lipinski definition) is 1. The minimum atomic E-state index is -3.42. The van der Waals surface area contributed by atoms with Crippen LogP contribution in [-0.2, 0) is 25.1 Å². The van der Waals surface area contributed by atoms with Crippen LogP contribution in [0.1, 0.15) is 24.5 Å². The first-order chi connectivity index (χ1) is 9.35. The van der Waals surface area contributed by atoms with Crippen molar-refractivity contribution in [2.24, 2.45) is 5.73 Å². The van der Waals surface area contributed by atoms with E-state index in [1.54, 1.807) is 31.2 Å². The molecule has 0 saturated carbocycles. The molecule has 0 aromatic heterocycles. The number of carbonyl (C=O) groups is 1. The zero-order valence-corrected chi connectivity index (χ0v) is 12.8. The highest BCUT2D eigenvalue weighted by Gasteiger charge is 2.17. The van der Waals surface area contributed by atoms with Gasteiger partial charge in [0.25, 0.3) is 0 Å². The zero-order chi connectivity index (χ0) is 15.2. The summed E-state index contributed by atoms with van der Waals surface area (Å²) in [5.41, 5.74) is 6.65. The van der Waals surface area contributed by atoms with E-state index in [0.717, 1.165) is 0 Å². The average molecular weight is 315 g/mol. The van der Waals surface area contributed by atoms with Gasteiger partial charge in [-0.15, -0.1) is 0 Å². The van der Waals surface area contributed by atoms with Crippen LogP contribution < -0.4 is 5.73 Å². The van der Waals surface area contributed by atoms with E-state index >= 15 is 0 Å². The first-order valence-electron chi connectivity index (χ1n) is 6.09. The third kappa shape index (κ3) is 5.26. The molecule has 0 aliphatic heterocycles. The Hall–Kier alpha value is -1.47. The van der Waals surface area contributed by atoms with Gasteiger partial charge in [0.15, 0.2) is 9.84 Å². The molecule has 1 rings (SSSR count). The lowest BCUT2D eigenvalue weighted by molar-refractivity contribution is -0.142. The lowest BCUT2D eigenvalue weighted by Crippen LogP contribution is -2.18. The summed E-state index contributed by atoms with van der Waals surface area (Å²) in [5, 5.41) is 0. The SMILES string of the molecule is CCOC(=O)CCS(=O)(=O)Cc1ccccc1C(N)=S. The largest absolute Gasteiger partial charge is 0.466 e. The summed E-state index contributed by atoms with van der Waals surface area (Å²) >= 11 is 4.89. The van der Waals surface area contributed by atoms with Gasteiger partial charge in [-0.2, -0.15) is 0 Å². The van der Waals surface area contributed by atoms with Crippen LogP contribution in [0.15, 0.2) is 24.3 Å². The van der Waals surface area contributed by atoms with Crippen molar-refractivity contribution in [3.8, 4) is 0 Å². The second-order valence-electron chi connectivity index (χ2n) is 4.17. The first kappa shape index (κ1) is 16.6. The van der Waals surface area contributed by atoms with E-state index in [1.807, 2.05) is 0 Å². The quantitative estimate of drug-likeness (QED) is 0.601. The summed E-state index contributed by atoms with van der Waals surface area (Å²) in [4.78, 5) is 11.3. The molecule has 5 nitrogen and oxygen atoms in total. The number of thiocarbonyl (C=S) groups is 1. The number of nitrogens with two attached hydrogens (primary N) is 1. The van der Waals surface area contributed by atoms with E-state index in [0.29, 0.717) is 11.1 Å². The summed E-state index contributed by atoms with van der Waals surface area (Å²) in [6.45, 7) is 1.91. The van der Waals surface area contributed by atoms with Crippen molar-refractivity contribution in [3.63, 3.8) is 0 Å². The van der Waals surface area contributed by atoms with Crippen molar-refractivity contribution in [2.75, 3.05) is 12.4 Å². The monoisotopic (exact) mass is 315 g/mol. The van der Waals surface area contributed by atoms with Gasteiger partial charge in [0.1, 0.15) is 4.99 Å². The van der Waals surface area contributed by atoms with Crippen LogP contribution >= 0.6 is 12.2 Å².